The highest BCUT2D eigenvalue weighted by Gasteiger charge is 2.54. The van der Waals surface area contributed by atoms with Crippen LogP contribution >= 0.6 is 0 Å². The number of carboxylic acids is 1. The fourth-order valence-corrected chi connectivity index (χ4v) is 5.59. The first kappa shape index (κ1) is 15.8. The summed E-state index contributed by atoms with van der Waals surface area (Å²) in [5.74, 6) is 0.538. The number of carboxylic acid groups (broad SMARTS) is 1. The molecule has 0 aromatic carbocycles. The maximum atomic E-state index is 11.8. The van der Waals surface area contributed by atoms with E-state index < -0.39 is 11.4 Å². The minimum Gasteiger partial charge on any atom is -0.550 e. The lowest BCUT2D eigenvalue weighted by molar-refractivity contribution is -0.326. The van der Waals surface area contributed by atoms with Gasteiger partial charge in [0.25, 0.3) is 0 Å². The van der Waals surface area contributed by atoms with Crippen molar-refractivity contribution in [2.75, 3.05) is 0 Å². The van der Waals surface area contributed by atoms with E-state index in [-0.39, 0.29) is 11.3 Å². The van der Waals surface area contributed by atoms with Crippen LogP contribution in [0.15, 0.2) is 23.3 Å². The zero-order chi connectivity index (χ0) is 16.1. The third-order valence-electron chi connectivity index (χ3n) is 7.05. The van der Waals surface area contributed by atoms with Crippen LogP contribution in [-0.2, 0) is 4.79 Å². The van der Waals surface area contributed by atoms with E-state index in [0.29, 0.717) is 11.8 Å². The Balaban J connectivity index is 2.00. The molecule has 0 aliphatic heterocycles. The number of carbonyl (C=O) groups excluding carboxylic acids is 1. The predicted octanol–water partition coefficient (Wildman–Crippen LogP) is 3.87. The molecule has 0 unspecified atom stereocenters. The van der Waals surface area contributed by atoms with Crippen molar-refractivity contribution in [3.63, 3.8) is 0 Å². The van der Waals surface area contributed by atoms with Gasteiger partial charge in [-0.25, -0.2) is 0 Å². The Hall–Kier alpha value is -1.05. The summed E-state index contributed by atoms with van der Waals surface area (Å²) in [6, 6.07) is 0. The van der Waals surface area contributed by atoms with Crippen molar-refractivity contribution in [3.8, 4) is 0 Å². The second-order valence-electron chi connectivity index (χ2n) is 8.52. The summed E-state index contributed by atoms with van der Waals surface area (Å²) in [5.41, 5.74) is 2.51. The number of hydrogen-bond acceptors (Lipinski definition) is 2. The molecule has 0 radical (unpaired) electrons. The molecule has 0 amide bonds. The number of rotatable bonds is 2. The molecule has 3 aliphatic carbocycles. The van der Waals surface area contributed by atoms with Crippen LogP contribution in [0.2, 0.25) is 0 Å². The lowest BCUT2D eigenvalue weighted by Crippen LogP contribution is -2.56. The Morgan fingerprint density at radius 1 is 1.32 bits per heavy atom. The quantitative estimate of drug-likeness (QED) is 0.776. The Bertz CT molecular complexity index is 542. The van der Waals surface area contributed by atoms with Crippen LogP contribution in [0.1, 0.15) is 66.2 Å². The summed E-state index contributed by atoms with van der Waals surface area (Å²) >= 11 is 0. The van der Waals surface area contributed by atoms with Crippen LogP contribution in [0.5, 0.6) is 0 Å². The van der Waals surface area contributed by atoms with E-state index in [4.69, 9.17) is 0 Å². The zero-order valence-corrected chi connectivity index (χ0v) is 14.4. The average molecular weight is 301 g/mol. The van der Waals surface area contributed by atoms with E-state index >= 15 is 0 Å². The van der Waals surface area contributed by atoms with E-state index in [9.17, 15) is 9.90 Å². The van der Waals surface area contributed by atoms with Crippen LogP contribution in [0.4, 0.5) is 0 Å². The van der Waals surface area contributed by atoms with Crippen molar-refractivity contribution in [3.05, 3.63) is 23.3 Å². The van der Waals surface area contributed by atoms with Gasteiger partial charge in [-0.1, -0.05) is 51.8 Å². The van der Waals surface area contributed by atoms with Crippen molar-refractivity contribution in [1.82, 2.24) is 0 Å². The summed E-state index contributed by atoms with van der Waals surface area (Å²) in [4.78, 5) is 11.8. The summed E-state index contributed by atoms with van der Waals surface area (Å²) in [5, 5.41) is 11.8. The van der Waals surface area contributed by atoms with Gasteiger partial charge in [-0.3, -0.25) is 0 Å². The van der Waals surface area contributed by atoms with Gasteiger partial charge in [0.2, 0.25) is 0 Å². The van der Waals surface area contributed by atoms with Gasteiger partial charge in [-0.05, 0) is 60.8 Å². The molecule has 2 heteroatoms. The van der Waals surface area contributed by atoms with Crippen molar-refractivity contribution >= 4 is 5.97 Å². The van der Waals surface area contributed by atoms with E-state index in [1.807, 2.05) is 6.92 Å². The number of aliphatic carboxylic acids is 1. The van der Waals surface area contributed by atoms with Crippen LogP contribution in [0.25, 0.3) is 0 Å². The second-order valence-corrected chi connectivity index (χ2v) is 8.52. The molecule has 0 spiro atoms. The normalized spacial score (nSPS) is 41.3. The minimum atomic E-state index is -0.838. The molecule has 0 bridgehead atoms. The van der Waals surface area contributed by atoms with Crippen molar-refractivity contribution in [2.45, 2.75) is 66.2 Å². The number of hydrogen-bond donors (Lipinski definition) is 0. The molecule has 0 N–H and O–H groups in total. The van der Waals surface area contributed by atoms with Crippen LogP contribution in [-0.4, -0.2) is 5.97 Å². The molecule has 22 heavy (non-hydrogen) atoms. The first-order valence-corrected chi connectivity index (χ1v) is 8.91. The Morgan fingerprint density at radius 2 is 2.05 bits per heavy atom. The van der Waals surface area contributed by atoms with E-state index in [1.54, 1.807) is 5.57 Å². The van der Waals surface area contributed by atoms with Gasteiger partial charge < -0.3 is 9.90 Å². The van der Waals surface area contributed by atoms with Gasteiger partial charge in [-0.2, -0.15) is 0 Å². The highest BCUT2D eigenvalue weighted by Crippen LogP contribution is 2.61. The van der Waals surface area contributed by atoms with Gasteiger partial charge in [-0.15, -0.1) is 0 Å². The number of carbonyl (C=O) groups is 1. The van der Waals surface area contributed by atoms with Gasteiger partial charge >= 0.3 is 0 Å². The molecule has 1 saturated carbocycles. The summed E-state index contributed by atoms with van der Waals surface area (Å²) in [6.07, 6.45) is 11.0. The highest BCUT2D eigenvalue weighted by molar-refractivity contribution is 5.73. The van der Waals surface area contributed by atoms with E-state index in [2.05, 4.69) is 32.9 Å². The fraction of sp³-hybridized carbons (Fsp3) is 0.750. The maximum absolute atomic E-state index is 11.8. The Labute approximate surface area is 134 Å². The summed E-state index contributed by atoms with van der Waals surface area (Å²) in [7, 11) is 0. The number of allylic oxidation sites excluding steroid dienone is 4. The minimum absolute atomic E-state index is 0.121. The van der Waals surface area contributed by atoms with E-state index in [1.165, 1.54) is 18.4 Å². The molecule has 0 aromatic rings. The van der Waals surface area contributed by atoms with Crippen LogP contribution in [0, 0.1) is 28.6 Å². The highest BCUT2D eigenvalue weighted by atomic mass is 16.4. The molecule has 1 fully saturated rings. The monoisotopic (exact) mass is 301 g/mol. The summed E-state index contributed by atoms with van der Waals surface area (Å²) < 4.78 is 0. The molecule has 0 heterocycles. The van der Waals surface area contributed by atoms with Crippen LogP contribution in [0.3, 0.4) is 0 Å². The van der Waals surface area contributed by atoms with Crippen molar-refractivity contribution < 1.29 is 9.90 Å². The molecule has 4 atom stereocenters. The van der Waals surface area contributed by atoms with E-state index in [0.717, 1.165) is 25.7 Å². The van der Waals surface area contributed by atoms with Crippen molar-refractivity contribution in [2.24, 2.45) is 28.6 Å². The van der Waals surface area contributed by atoms with Gasteiger partial charge in [0.1, 0.15) is 0 Å². The topological polar surface area (TPSA) is 40.1 Å². The first-order chi connectivity index (χ1) is 10.3. The Morgan fingerprint density at radius 3 is 2.68 bits per heavy atom. The van der Waals surface area contributed by atoms with Gasteiger partial charge in [0.15, 0.2) is 0 Å². The molecule has 122 valence electrons. The first-order valence-electron chi connectivity index (χ1n) is 8.91. The second kappa shape index (κ2) is 5.25. The standard InChI is InChI=1S/C20H30O2/c1-13(2)14-6-8-16-15(12-14)7-9-17-19(16,3)10-5-11-20(17,4)18(21)22/h7,12-13,16-17H,5-6,8-11H2,1-4H3,(H,21,22)/p-1/t16-,17+,19+,20+/m0/s1. The third kappa shape index (κ3) is 2.18. The molecule has 3 aliphatic rings. The lowest BCUT2D eigenvalue weighted by atomic mass is 9.47. The SMILES string of the molecule is CC(C)C1=CC2=CC[C@@H]3[C@](C)(CCC[C@@]3(C)C(=O)[O-])[C@H]2CC1. The fourth-order valence-electron chi connectivity index (χ4n) is 5.59. The van der Waals surface area contributed by atoms with Gasteiger partial charge in [0.05, 0.1) is 0 Å². The molecule has 0 aromatic heterocycles. The molecule has 0 saturated heterocycles. The third-order valence-corrected chi connectivity index (χ3v) is 7.05. The maximum Gasteiger partial charge on any atom is 0.0476 e. The average Bonchev–Trinajstić information content (AvgIpc) is 2.46. The zero-order valence-electron chi connectivity index (χ0n) is 14.4. The largest absolute Gasteiger partial charge is 0.550 e. The number of fused-ring (bicyclic) bond motifs is 3. The van der Waals surface area contributed by atoms with Gasteiger partial charge in [0, 0.05) is 11.4 Å². The van der Waals surface area contributed by atoms with Crippen LogP contribution < -0.4 is 5.11 Å². The molecule has 2 nitrogen and oxygen atoms in total. The molecule has 3 rings (SSSR count). The summed E-state index contributed by atoms with van der Waals surface area (Å²) in [6.45, 7) is 8.83. The predicted molar refractivity (Wildman–Crippen MR) is 86.9 cm³/mol. The lowest BCUT2D eigenvalue weighted by Gasteiger charge is -2.58. The smallest absolute Gasteiger partial charge is 0.0476 e. The Kier molecular flexibility index (Phi) is 3.78. The molecular weight excluding hydrogens is 272 g/mol. The molecular formula is C20H29O2-. The van der Waals surface area contributed by atoms with Crippen molar-refractivity contribution in [1.29, 1.82) is 0 Å².